The Morgan fingerprint density at radius 1 is 1.28 bits per heavy atom. The molecule has 1 aromatic rings. The molecule has 0 aliphatic heterocycles. The molecule has 0 spiro atoms. The van der Waals surface area contributed by atoms with E-state index in [1.807, 2.05) is 0 Å². The Bertz CT molecular complexity index is 433. The van der Waals surface area contributed by atoms with Gasteiger partial charge >= 0.3 is 12.7 Å². The van der Waals surface area contributed by atoms with Crippen LogP contribution in [0.25, 0.3) is 0 Å². The van der Waals surface area contributed by atoms with Crippen molar-refractivity contribution in [3.05, 3.63) is 39.9 Å². The lowest BCUT2D eigenvalue weighted by Crippen LogP contribution is -2.23. The summed E-state index contributed by atoms with van der Waals surface area (Å²) in [7, 11) is 0. The number of carbonyl (C=O) groups is 1. The Morgan fingerprint density at radius 2 is 1.83 bits per heavy atom. The summed E-state index contributed by atoms with van der Waals surface area (Å²) in [6, 6.07) is 5.98. The summed E-state index contributed by atoms with van der Waals surface area (Å²) in [5.41, 5.74) is -0.184. The number of esters is 1. The fraction of sp³-hybridized carbons (Fsp3) is 0.417. The third kappa shape index (κ3) is 4.82. The van der Waals surface area contributed by atoms with E-state index in [1.165, 1.54) is 24.3 Å². The number of hydrogen-bond acceptors (Lipinski definition) is 5. The van der Waals surface area contributed by atoms with Gasteiger partial charge in [0.2, 0.25) is 0 Å². The molecule has 18 heavy (non-hydrogen) atoms. The SMILES string of the molecule is CC(C)(C)OC(=O)c1ccc(OC[N+](=O)[O-])cc1. The van der Waals surface area contributed by atoms with Gasteiger partial charge in [-0.1, -0.05) is 0 Å². The molecule has 0 unspecified atom stereocenters. The van der Waals surface area contributed by atoms with Crippen molar-refractivity contribution in [3.63, 3.8) is 0 Å². The first-order valence-corrected chi connectivity index (χ1v) is 5.36. The zero-order valence-electron chi connectivity index (χ0n) is 10.5. The molecule has 0 amide bonds. The van der Waals surface area contributed by atoms with E-state index in [4.69, 9.17) is 9.47 Å². The quantitative estimate of drug-likeness (QED) is 0.356. The Hall–Kier alpha value is -2.11. The van der Waals surface area contributed by atoms with E-state index < -0.39 is 23.2 Å². The number of nitrogens with zero attached hydrogens (tertiary/aromatic N) is 1. The van der Waals surface area contributed by atoms with Crippen molar-refractivity contribution in [3.8, 4) is 5.75 Å². The smallest absolute Gasteiger partial charge is 0.344 e. The van der Waals surface area contributed by atoms with E-state index in [1.54, 1.807) is 20.8 Å². The molecular weight excluding hydrogens is 238 g/mol. The van der Waals surface area contributed by atoms with Gasteiger partial charge in [0.15, 0.2) is 0 Å². The van der Waals surface area contributed by atoms with Gasteiger partial charge in [-0.2, -0.15) is 0 Å². The monoisotopic (exact) mass is 253 g/mol. The summed E-state index contributed by atoms with van der Waals surface area (Å²) in [4.78, 5) is 21.2. The maximum Gasteiger partial charge on any atom is 0.344 e. The second kappa shape index (κ2) is 5.48. The van der Waals surface area contributed by atoms with Crippen LogP contribution < -0.4 is 4.74 Å². The molecule has 6 heteroatoms. The van der Waals surface area contributed by atoms with Crippen LogP contribution in [0.5, 0.6) is 5.75 Å². The van der Waals surface area contributed by atoms with E-state index in [9.17, 15) is 14.9 Å². The fourth-order valence-corrected chi connectivity index (χ4v) is 1.15. The van der Waals surface area contributed by atoms with E-state index >= 15 is 0 Å². The minimum Gasteiger partial charge on any atom is -0.456 e. The highest BCUT2D eigenvalue weighted by molar-refractivity contribution is 5.89. The lowest BCUT2D eigenvalue weighted by molar-refractivity contribution is -0.514. The van der Waals surface area contributed by atoms with Gasteiger partial charge in [0.05, 0.1) is 10.5 Å². The molecule has 0 aromatic heterocycles. The summed E-state index contributed by atoms with van der Waals surface area (Å²) in [5.74, 6) is -0.109. The van der Waals surface area contributed by atoms with Crippen molar-refractivity contribution in [2.45, 2.75) is 26.4 Å². The molecule has 0 saturated heterocycles. The first-order valence-electron chi connectivity index (χ1n) is 5.36. The van der Waals surface area contributed by atoms with Gasteiger partial charge < -0.3 is 9.47 Å². The van der Waals surface area contributed by atoms with Crippen molar-refractivity contribution >= 4 is 5.97 Å². The maximum absolute atomic E-state index is 11.7. The van der Waals surface area contributed by atoms with E-state index in [-0.39, 0.29) is 0 Å². The summed E-state index contributed by atoms with van der Waals surface area (Å²) < 4.78 is 10.0. The average Bonchev–Trinajstić information content (AvgIpc) is 2.24. The molecule has 1 aromatic carbocycles. The normalized spacial score (nSPS) is 10.8. The van der Waals surface area contributed by atoms with Crippen LogP contribution in [0.3, 0.4) is 0 Å². The predicted molar refractivity (Wildman–Crippen MR) is 64.1 cm³/mol. The molecule has 0 aliphatic carbocycles. The van der Waals surface area contributed by atoms with Crippen LogP contribution in [0.1, 0.15) is 31.1 Å². The zero-order chi connectivity index (χ0) is 13.8. The van der Waals surface area contributed by atoms with Crippen molar-refractivity contribution in [1.82, 2.24) is 0 Å². The zero-order valence-corrected chi connectivity index (χ0v) is 10.5. The Labute approximate surface area is 105 Å². The van der Waals surface area contributed by atoms with Gasteiger partial charge in [-0.25, -0.2) is 4.79 Å². The number of rotatable bonds is 4. The molecule has 0 saturated carbocycles. The average molecular weight is 253 g/mol. The highest BCUT2D eigenvalue weighted by Gasteiger charge is 2.17. The van der Waals surface area contributed by atoms with E-state index in [0.717, 1.165) is 0 Å². The second-order valence-electron chi connectivity index (χ2n) is 4.63. The molecule has 0 atom stereocenters. The molecule has 0 aliphatic rings. The van der Waals surface area contributed by atoms with E-state index in [2.05, 4.69) is 0 Å². The molecule has 0 bridgehead atoms. The maximum atomic E-state index is 11.7. The van der Waals surface area contributed by atoms with Crippen LogP contribution in [0.15, 0.2) is 24.3 Å². The van der Waals surface area contributed by atoms with Gasteiger partial charge in [-0.15, -0.1) is 0 Å². The van der Waals surface area contributed by atoms with Gasteiger partial charge in [0, 0.05) is 0 Å². The lowest BCUT2D eigenvalue weighted by Gasteiger charge is -2.19. The minimum atomic E-state index is -0.605. The molecular formula is C12H15NO5. The topological polar surface area (TPSA) is 78.7 Å². The molecule has 6 nitrogen and oxygen atoms in total. The number of carbonyl (C=O) groups excluding carboxylic acids is 1. The molecule has 98 valence electrons. The first-order chi connectivity index (χ1) is 8.28. The lowest BCUT2D eigenvalue weighted by atomic mass is 10.1. The van der Waals surface area contributed by atoms with Gasteiger partial charge in [0.25, 0.3) is 0 Å². The first kappa shape index (κ1) is 14.0. The molecule has 0 fully saturated rings. The van der Waals surface area contributed by atoms with Gasteiger partial charge in [-0.3, -0.25) is 10.1 Å². The summed E-state index contributed by atoms with van der Waals surface area (Å²) in [6.45, 7) is 4.73. The molecule has 0 radical (unpaired) electrons. The van der Waals surface area contributed by atoms with E-state index in [0.29, 0.717) is 11.3 Å². The number of nitro groups is 1. The molecule has 0 N–H and O–H groups in total. The number of ether oxygens (including phenoxy) is 2. The Kier molecular flexibility index (Phi) is 4.25. The van der Waals surface area contributed by atoms with Crippen LogP contribution in [0.2, 0.25) is 0 Å². The summed E-state index contributed by atoms with van der Waals surface area (Å²) in [6.07, 6.45) is 0. The van der Waals surface area contributed by atoms with Gasteiger partial charge in [0.1, 0.15) is 11.4 Å². The van der Waals surface area contributed by atoms with Crippen molar-refractivity contribution in [2.24, 2.45) is 0 Å². The highest BCUT2D eigenvalue weighted by atomic mass is 16.7. The third-order valence-corrected chi connectivity index (χ3v) is 1.83. The summed E-state index contributed by atoms with van der Waals surface area (Å²) >= 11 is 0. The Morgan fingerprint density at radius 3 is 2.28 bits per heavy atom. The largest absolute Gasteiger partial charge is 0.456 e. The fourth-order valence-electron chi connectivity index (χ4n) is 1.15. The van der Waals surface area contributed by atoms with Gasteiger partial charge in [-0.05, 0) is 45.0 Å². The summed E-state index contributed by atoms with van der Waals surface area (Å²) in [5, 5.41) is 10.1. The third-order valence-electron chi connectivity index (χ3n) is 1.83. The standard InChI is InChI=1S/C12H15NO5/c1-12(2,3)18-11(14)9-4-6-10(7-5-9)17-8-13(15)16/h4-7H,8H2,1-3H3. The minimum absolute atomic E-state index is 0.332. The number of hydrogen-bond donors (Lipinski definition) is 0. The highest BCUT2D eigenvalue weighted by Crippen LogP contribution is 2.16. The second-order valence-corrected chi connectivity index (χ2v) is 4.63. The van der Waals surface area contributed by atoms with Crippen LogP contribution in [0.4, 0.5) is 0 Å². The molecule has 0 heterocycles. The van der Waals surface area contributed by atoms with Crippen LogP contribution in [-0.2, 0) is 4.74 Å². The predicted octanol–water partition coefficient (Wildman–Crippen LogP) is 2.25. The van der Waals surface area contributed by atoms with Crippen LogP contribution in [-0.4, -0.2) is 23.2 Å². The van der Waals surface area contributed by atoms with Crippen LogP contribution >= 0.6 is 0 Å². The molecule has 1 rings (SSSR count). The van der Waals surface area contributed by atoms with Crippen molar-refractivity contribution < 1.29 is 19.2 Å². The van der Waals surface area contributed by atoms with Crippen molar-refractivity contribution in [2.75, 3.05) is 6.73 Å². The van der Waals surface area contributed by atoms with Crippen LogP contribution in [0, 0.1) is 10.1 Å². The van der Waals surface area contributed by atoms with Crippen molar-refractivity contribution in [1.29, 1.82) is 0 Å². The Balaban J connectivity index is 2.65. The number of benzene rings is 1.